The van der Waals surface area contributed by atoms with Crippen molar-refractivity contribution in [2.45, 2.75) is 45.7 Å². The highest BCUT2D eigenvalue weighted by Crippen LogP contribution is 2.28. The number of carbonyl (C=O) groups excluding carboxylic acids is 1. The Kier molecular flexibility index (Phi) is 7.63. The molecule has 30 heavy (non-hydrogen) atoms. The molecule has 1 amide bonds. The Morgan fingerprint density at radius 3 is 2.33 bits per heavy atom. The first-order valence-corrected chi connectivity index (χ1v) is 11.4. The summed E-state index contributed by atoms with van der Waals surface area (Å²) in [5.41, 5.74) is 4.36. The van der Waals surface area contributed by atoms with Crippen LogP contribution in [0.15, 0.2) is 47.9 Å². The van der Waals surface area contributed by atoms with Gasteiger partial charge in [0, 0.05) is 31.0 Å². The van der Waals surface area contributed by atoms with Crippen LogP contribution in [-0.4, -0.2) is 49.4 Å². The van der Waals surface area contributed by atoms with Crippen LogP contribution >= 0.6 is 11.8 Å². The average molecular weight is 424 g/mol. The third-order valence-electron chi connectivity index (χ3n) is 4.99. The van der Waals surface area contributed by atoms with E-state index in [-0.39, 0.29) is 5.91 Å². The van der Waals surface area contributed by atoms with E-state index in [1.165, 1.54) is 22.9 Å². The normalized spacial score (nSPS) is 10.9. The van der Waals surface area contributed by atoms with Crippen molar-refractivity contribution in [2.75, 3.05) is 18.8 Å². The molecule has 0 N–H and O–H groups in total. The molecule has 0 fully saturated rings. The smallest absolute Gasteiger partial charge is 0.233 e. The average Bonchev–Trinajstić information content (AvgIpc) is 3.18. The number of thioether (sulfide) groups is 1. The van der Waals surface area contributed by atoms with E-state index < -0.39 is 0 Å². The first kappa shape index (κ1) is 22.0. The van der Waals surface area contributed by atoms with Crippen molar-refractivity contribution in [1.29, 1.82) is 0 Å². The van der Waals surface area contributed by atoms with Crippen LogP contribution in [0.1, 0.15) is 37.8 Å². The van der Waals surface area contributed by atoms with Gasteiger partial charge in [0.05, 0.1) is 11.4 Å². The molecular weight excluding hydrogens is 394 g/mol. The third-order valence-corrected chi connectivity index (χ3v) is 5.90. The summed E-state index contributed by atoms with van der Waals surface area (Å²) >= 11 is 1.44. The molecule has 3 rings (SSSR count). The Morgan fingerprint density at radius 2 is 1.70 bits per heavy atom. The Labute approximate surface area is 182 Å². The number of nitrogens with zero attached hydrogens (tertiary/aromatic N) is 5. The van der Waals surface area contributed by atoms with Crippen molar-refractivity contribution in [2.24, 2.45) is 0 Å². The maximum Gasteiger partial charge on any atom is 0.233 e. The van der Waals surface area contributed by atoms with Gasteiger partial charge in [0.2, 0.25) is 5.91 Å². The van der Waals surface area contributed by atoms with E-state index in [2.05, 4.69) is 61.1 Å². The summed E-state index contributed by atoms with van der Waals surface area (Å²) < 4.78 is 2.03. The molecule has 2 heterocycles. The predicted molar refractivity (Wildman–Crippen MR) is 122 cm³/mol. The number of hydrogen-bond acceptors (Lipinski definition) is 5. The second-order valence-corrected chi connectivity index (χ2v) is 8.26. The molecule has 0 bridgehead atoms. The van der Waals surface area contributed by atoms with Crippen molar-refractivity contribution in [3.8, 4) is 17.1 Å². The van der Waals surface area contributed by atoms with Crippen LogP contribution in [0.3, 0.4) is 0 Å². The van der Waals surface area contributed by atoms with E-state index in [1.54, 1.807) is 12.4 Å². The number of carbonyl (C=O) groups is 1. The first-order valence-electron chi connectivity index (χ1n) is 10.4. The largest absolute Gasteiger partial charge is 0.342 e. The number of aryl methyl sites for hydroxylation is 2. The number of rotatable bonds is 9. The van der Waals surface area contributed by atoms with Gasteiger partial charge in [-0.2, -0.15) is 0 Å². The van der Waals surface area contributed by atoms with Crippen LogP contribution in [0.5, 0.6) is 0 Å². The summed E-state index contributed by atoms with van der Waals surface area (Å²) in [7, 11) is 0. The minimum absolute atomic E-state index is 0.142. The highest BCUT2D eigenvalue weighted by Gasteiger charge is 2.19. The van der Waals surface area contributed by atoms with E-state index in [0.717, 1.165) is 43.0 Å². The molecule has 1 aromatic carbocycles. The van der Waals surface area contributed by atoms with Gasteiger partial charge in [0.15, 0.2) is 11.0 Å². The Balaban J connectivity index is 1.94. The van der Waals surface area contributed by atoms with Gasteiger partial charge in [-0.1, -0.05) is 31.7 Å². The zero-order chi connectivity index (χ0) is 21.5. The van der Waals surface area contributed by atoms with Crippen molar-refractivity contribution >= 4 is 17.7 Å². The Morgan fingerprint density at radius 1 is 1.00 bits per heavy atom. The number of aromatic nitrogens is 4. The monoisotopic (exact) mass is 423 g/mol. The summed E-state index contributed by atoms with van der Waals surface area (Å²) in [6.07, 6.45) is 5.42. The van der Waals surface area contributed by atoms with Crippen LogP contribution in [-0.2, 0) is 4.79 Å². The molecule has 0 radical (unpaired) electrons. The quantitative estimate of drug-likeness (QED) is 0.467. The number of amides is 1. The zero-order valence-electron chi connectivity index (χ0n) is 18.1. The summed E-state index contributed by atoms with van der Waals surface area (Å²) in [5.74, 6) is 1.23. The zero-order valence-corrected chi connectivity index (χ0v) is 18.9. The first-order chi connectivity index (χ1) is 14.5. The lowest BCUT2D eigenvalue weighted by Gasteiger charge is -2.21. The van der Waals surface area contributed by atoms with Crippen LogP contribution in [0.2, 0.25) is 0 Å². The Hall–Kier alpha value is -2.67. The summed E-state index contributed by atoms with van der Waals surface area (Å²) in [6.45, 7) is 9.97. The van der Waals surface area contributed by atoms with E-state index >= 15 is 0 Å². The van der Waals surface area contributed by atoms with Gasteiger partial charge in [0.1, 0.15) is 0 Å². The molecule has 0 aliphatic carbocycles. The van der Waals surface area contributed by atoms with Gasteiger partial charge in [-0.3, -0.25) is 14.3 Å². The summed E-state index contributed by atoms with van der Waals surface area (Å²) in [4.78, 5) is 18.8. The molecule has 0 atom stereocenters. The van der Waals surface area contributed by atoms with Crippen molar-refractivity contribution in [1.82, 2.24) is 24.6 Å². The van der Waals surface area contributed by atoms with Crippen molar-refractivity contribution < 1.29 is 4.79 Å². The molecule has 2 aromatic heterocycles. The fourth-order valence-corrected chi connectivity index (χ4v) is 4.12. The molecule has 6 nitrogen and oxygen atoms in total. The van der Waals surface area contributed by atoms with Gasteiger partial charge < -0.3 is 4.90 Å². The molecular formula is C23H29N5OS. The van der Waals surface area contributed by atoms with Crippen LogP contribution in [0, 0.1) is 13.8 Å². The molecule has 0 saturated carbocycles. The molecule has 0 saturated heterocycles. The SMILES string of the molecule is CCCN(CCC)C(=O)CSc1nnc(-c2ccncc2)n1-c1ccc(C)c(C)c1. The topological polar surface area (TPSA) is 63.9 Å². The molecule has 0 spiro atoms. The molecule has 3 aromatic rings. The van der Waals surface area contributed by atoms with Crippen LogP contribution in [0.4, 0.5) is 0 Å². The highest BCUT2D eigenvalue weighted by molar-refractivity contribution is 7.99. The van der Waals surface area contributed by atoms with Gasteiger partial charge in [-0.25, -0.2) is 0 Å². The molecule has 0 unspecified atom stereocenters. The standard InChI is InChI=1S/C23H29N5OS/c1-5-13-27(14-6-2)21(29)16-30-23-26-25-22(19-9-11-24-12-10-19)28(23)20-8-7-17(3)18(4)15-20/h7-12,15H,5-6,13-14,16H2,1-4H3. The van der Waals surface area contributed by atoms with Crippen molar-refractivity contribution in [3.63, 3.8) is 0 Å². The lowest BCUT2D eigenvalue weighted by molar-refractivity contribution is -0.128. The molecule has 0 aliphatic heterocycles. The van der Waals surface area contributed by atoms with Crippen LogP contribution < -0.4 is 0 Å². The van der Waals surface area contributed by atoms with Gasteiger partial charge in [-0.05, 0) is 62.1 Å². The molecule has 158 valence electrons. The minimum Gasteiger partial charge on any atom is -0.342 e. The second kappa shape index (κ2) is 10.4. The van der Waals surface area contributed by atoms with Gasteiger partial charge in [-0.15, -0.1) is 10.2 Å². The fraction of sp³-hybridized carbons (Fsp3) is 0.391. The second-order valence-electron chi connectivity index (χ2n) is 7.32. The minimum atomic E-state index is 0.142. The number of hydrogen-bond donors (Lipinski definition) is 0. The van der Waals surface area contributed by atoms with E-state index in [9.17, 15) is 4.79 Å². The van der Waals surface area contributed by atoms with E-state index in [0.29, 0.717) is 10.9 Å². The van der Waals surface area contributed by atoms with E-state index in [4.69, 9.17) is 0 Å². The molecule has 0 aliphatic rings. The lowest BCUT2D eigenvalue weighted by atomic mass is 10.1. The summed E-state index contributed by atoms with van der Waals surface area (Å²) in [6, 6.07) is 10.2. The number of benzene rings is 1. The van der Waals surface area contributed by atoms with Gasteiger partial charge >= 0.3 is 0 Å². The van der Waals surface area contributed by atoms with Gasteiger partial charge in [0.25, 0.3) is 0 Å². The maximum atomic E-state index is 12.8. The Bertz CT molecular complexity index is 981. The third kappa shape index (κ3) is 5.08. The molecule has 7 heteroatoms. The number of pyridine rings is 1. The predicted octanol–water partition coefficient (Wildman–Crippen LogP) is 4.69. The van der Waals surface area contributed by atoms with E-state index in [1.807, 2.05) is 21.6 Å². The summed E-state index contributed by atoms with van der Waals surface area (Å²) in [5, 5.41) is 9.59. The lowest BCUT2D eigenvalue weighted by Crippen LogP contribution is -2.33. The highest BCUT2D eigenvalue weighted by atomic mass is 32.2. The van der Waals surface area contributed by atoms with Crippen molar-refractivity contribution in [3.05, 3.63) is 53.9 Å². The van der Waals surface area contributed by atoms with Crippen LogP contribution in [0.25, 0.3) is 17.1 Å². The maximum absolute atomic E-state index is 12.8. The fourth-order valence-electron chi connectivity index (χ4n) is 3.27.